The van der Waals surface area contributed by atoms with Gasteiger partial charge in [0.2, 0.25) is 5.95 Å². The van der Waals surface area contributed by atoms with Crippen LogP contribution in [-0.2, 0) is 9.84 Å². The molecule has 8 heteroatoms. The van der Waals surface area contributed by atoms with Gasteiger partial charge in [0.25, 0.3) is 0 Å². The molecule has 6 nitrogen and oxygen atoms in total. The van der Waals surface area contributed by atoms with Crippen LogP contribution < -0.4 is 5.32 Å². The number of aromatic nitrogens is 3. The van der Waals surface area contributed by atoms with Gasteiger partial charge in [0.15, 0.2) is 5.82 Å². The lowest BCUT2D eigenvalue weighted by molar-refractivity contribution is 0.451. The normalized spacial score (nSPS) is 25.0. The number of sulfone groups is 1. The number of hydrogen-bond donors (Lipinski definition) is 1. The standard InChI is InChI=1S/C18H25FN4O2S/c1-26(24,25)14-8-6-13(7-9-14)21-18-20-11-17-15(19)10-16(23(17)22-18)12-4-2-3-5-12/h10-14H,2-9H2,1H3,(H,21,22)/t13-,14-. The zero-order chi connectivity index (χ0) is 18.3. The molecular formula is C18H25FN4O2S. The number of hydrogen-bond acceptors (Lipinski definition) is 5. The molecular weight excluding hydrogens is 355 g/mol. The van der Waals surface area contributed by atoms with Gasteiger partial charge in [-0.25, -0.2) is 22.3 Å². The molecule has 2 aromatic rings. The molecule has 0 bridgehead atoms. The molecule has 0 saturated heterocycles. The van der Waals surface area contributed by atoms with Gasteiger partial charge in [0, 0.05) is 23.9 Å². The fraction of sp³-hybridized carbons (Fsp3) is 0.667. The van der Waals surface area contributed by atoms with Crippen LogP contribution in [0.3, 0.4) is 0 Å². The summed E-state index contributed by atoms with van der Waals surface area (Å²) in [6.07, 6.45) is 10.2. The molecule has 2 aromatic heterocycles. The zero-order valence-electron chi connectivity index (χ0n) is 15.0. The molecule has 0 radical (unpaired) electrons. The highest BCUT2D eigenvalue weighted by Gasteiger charge is 2.28. The largest absolute Gasteiger partial charge is 0.350 e. The summed E-state index contributed by atoms with van der Waals surface area (Å²) in [5, 5.41) is 7.61. The average molecular weight is 380 g/mol. The Kier molecular flexibility index (Phi) is 4.62. The smallest absolute Gasteiger partial charge is 0.241 e. The Hall–Kier alpha value is -1.70. The summed E-state index contributed by atoms with van der Waals surface area (Å²) in [7, 11) is -2.97. The third kappa shape index (κ3) is 3.43. The lowest BCUT2D eigenvalue weighted by Crippen LogP contribution is -2.32. The van der Waals surface area contributed by atoms with Crippen molar-refractivity contribution in [3.8, 4) is 0 Å². The highest BCUT2D eigenvalue weighted by Crippen LogP contribution is 2.35. The average Bonchev–Trinajstić information content (AvgIpc) is 3.23. The number of rotatable bonds is 4. The Bertz CT molecular complexity index is 897. The van der Waals surface area contributed by atoms with Gasteiger partial charge in [0.1, 0.15) is 15.4 Å². The molecule has 26 heavy (non-hydrogen) atoms. The van der Waals surface area contributed by atoms with Gasteiger partial charge >= 0.3 is 0 Å². The first-order valence-corrected chi connectivity index (χ1v) is 11.4. The van der Waals surface area contributed by atoms with Gasteiger partial charge in [-0.2, -0.15) is 0 Å². The molecule has 2 fully saturated rings. The third-order valence-corrected chi connectivity index (χ3v) is 7.56. The number of fused-ring (bicyclic) bond motifs is 1. The van der Waals surface area contributed by atoms with Gasteiger partial charge in [-0.15, -0.1) is 5.10 Å². The van der Waals surface area contributed by atoms with Gasteiger partial charge < -0.3 is 5.32 Å². The van der Waals surface area contributed by atoms with Crippen LogP contribution >= 0.6 is 0 Å². The van der Waals surface area contributed by atoms with Gasteiger partial charge in [-0.3, -0.25) is 0 Å². The Morgan fingerprint density at radius 1 is 1.15 bits per heavy atom. The Labute approximate surface area is 153 Å². The molecule has 2 aliphatic carbocycles. The molecule has 2 aliphatic rings. The van der Waals surface area contributed by atoms with Crippen molar-refractivity contribution in [1.82, 2.24) is 14.6 Å². The minimum atomic E-state index is -2.97. The van der Waals surface area contributed by atoms with Crippen LogP contribution in [0.15, 0.2) is 12.3 Å². The second kappa shape index (κ2) is 6.79. The predicted molar refractivity (Wildman–Crippen MR) is 98.7 cm³/mol. The van der Waals surface area contributed by atoms with E-state index in [2.05, 4.69) is 15.4 Å². The SMILES string of the molecule is CS(=O)(=O)[C@H]1CC[C@H](Nc2ncc3c(F)cc(C4CCCC4)n3n2)CC1. The van der Waals surface area contributed by atoms with E-state index in [4.69, 9.17) is 0 Å². The summed E-state index contributed by atoms with van der Waals surface area (Å²) < 4.78 is 39.3. The summed E-state index contributed by atoms with van der Waals surface area (Å²) in [4.78, 5) is 4.27. The summed E-state index contributed by atoms with van der Waals surface area (Å²) in [5.41, 5.74) is 1.35. The summed E-state index contributed by atoms with van der Waals surface area (Å²) in [6, 6.07) is 1.75. The molecule has 4 rings (SSSR count). The van der Waals surface area contributed by atoms with Crippen LogP contribution in [0, 0.1) is 5.82 Å². The van der Waals surface area contributed by atoms with Crippen molar-refractivity contribution in [2.75, 3.05) is 11.6 Å². The van der Waals surface area contributed by atoms with Crippen molar-refractivity contribution in [2.24, 2.45) is 0 Å². The van der Waals surface area contributed by atoms with E-state index >= 15 is 0 Å². The summed E-state index contributed by atoms with van der Waals surface area (Å²) >= 11 is 0. The van der Waals surface area contributed by atoms with Gasteiger partial charge in [-0.05, 0) is 44.6 Å². The second-order valence-corrected chi connectivity index (χ2v) is 10.1. The van der Waals surface area contributed by atoms with Crippen LogP contribution in [0.2, 0.25) is 0 Å². The first-order chi connectivity index (χ1) is 12.4. The molecule has 0 unspecified atom stereocenters. The van der Waals surface area contributed by atoms with E-state index in [1.54, 1.807) is 10.6 Å². The van der Waals surface area contributed by atoms with E-state index < -0.39 is 9.84 Å². The summed E-state index contributed by atoms with van der Waals surface area (Å²) in [5.74, 6) is 0.571. The lowest BCUT2D eigenvalue weighted by Gasteiger charge is -2.28. The molecule has 0 aromatic carbocycles. The first-order valence-electron chi connectivity index (χ1n) is 9.41. The number of halogens is 1. The molecule has 2 saturated carbocycles. The van der Waals surface area contributed by atoms with Crippen LogP contribution in [0.1, 0.15) is 63.0 Å². The molecule has 0 atom stereocenters. The van der Waals surface area contributed by atoms with Crippen LogP contribution in [0.25, 0.3) is 5.52 Å². The highest BCUT2D eigenvalue weighted by atomic mass is 32.2. The van der Waals surface area contributed by atoms with E-state index in [0.717, 1.165) is 31.4 Å². The van der Waals surface area contributed by atoms with Crippen LogP contribution in [0.5, 0.6) is 0 Å². The van der Waals surface area contributed by atoms with E-state index in [0.29, 0.717) is 30.2 Å². The van der Waals surface area contributed by atoms with E-state index in [1.165, 1.54) is 25.3 Å². The van der Waals surface area contributed by atoms with Crippen molar-refractivity contribution in [2.45, 2.75) is 68.6 Å². The maximum Gasteiger partial charge on any atom is 0.241 e. The van der Waals surface area contributed by atoms with Gasteiger partial charge in [-0.1, -0.05) is 12.8 Å². The van der Waals surface area contributed by atoms with Crippen LogP contribution in [0.4, 0.5) is 10.3 Å². The van der Waals surface area contributed by atoms with Crippen molar-refractivity contribution < 1.29 is 12.8 Å². The fourth-order valence-corrected chi connectivity index (χ4v) is 5.50. The molecule has 0 amide bonds. The molecule has 0 spiro atoms. The van der Waals surface area contributed by atoms with Gasteiger partial charge in [0.05, 0.1) is 11.4 Å². The first kappa shape index (κ1) is 17.7. The van der Waals surface area contributed by atoms with Crippen molar-refractivity contribution in [3.05, 3.63) is 23.8 Å². The Morgan fingerprint density at radius 2 is 1.85 bits per heavy atom. The number of nitrogens with one attached hydrogen (secondary N) is 1. The minimum Gasteiger partial charge on any atom is -0.350 e. The number of nitrogens with zero attached hydrogens (tertiary/aromatic N) is 3. The monoisotopic (exact) mass is 380 g/mol. The molecule has 0 aliphatic heterocycles. The molecule has 2 heterocycles. The van der Waals surface area contributed by atoms with Crippen LogP contribution in [-0.4, -0.2) is 40.6 Å². The quantitative estimate of drug-likeness (QED) is 0.881. The Morgan fingerprint density at radius 3 is 2.50 bits per heavy atom. The van der Waals surface area contributed by atoms with Crippen molar-refractivity contribution in [1.29, 1.82) is 0 Å². The van der Waals surface area contributed by atoms with Crippen molar-refractivity contribution in [3.63, 3.8) is 0 Å². The fourth-order valence-electron chi connectivity index (χ4n) is 4.37. The minimum absolute atomic E-state index is 0.154. The topological polar surface area (TPSA) is 76.4 Å². The summed E-state index contributed by atoms with van der Waals surface area (Å²) in [6.45, 7) is 0. The van der Waals surface area contributed by atoms with Crippen molar-refractivity contribution >= 4 is 21.3 Å². The number of anilines is 1. The van der Waals surface area contributed by atoms with E-state index in [-0.39, 0.29) is 17.1 Å². The maximum absolute atomic E-state index is 14.2. The third-order valence-electron chi connectivity index (χ3n) is 5.88. The van der Waals surface area contributed by atoms with E-state index in [9.17, 15) is 12.8 Å². The zero-order valence-corrected chi connectivity index (χ0v) is 15.8. The Balaban J connectivity index is 1.52. The maximum atomic E-state index is 14.2. The van der Waals surface area contributed by atoms with E-state index in [1.807, 2.05) is 0 Å². The second-order valence-electron chi connectivity index (χ2n) is 7.72. The lowest BCUT2D eigenvalue weighted by atomic mass is 9.95. The highest BCUT2D eigenvalue weighted by molar-refractivity contribution is 7.91. The predicted octanol–water partition coefficient (Wildman–Crippen LogP) is 3.29. The molecule has 142 valence electrons. The molecule has 1 N–H and O–H groups in total.